The monoisotopic (exact) mass is 397 g/mol. The molecule has 3 aromatic rings. The Labute approximate surface area is 168 Å². The van der Waals surface area contributed by atoms with E-state index < -0.39 is 0 Å². The van der Waals surface area contributed by atoms with Crippen LogP contribution in [0.3, 0.4) is 0 Å². The summed E-state index contributed by atoms with van der Waals surface area (Å²) in [5, 5.41) is 3.19. The van der Waals surface area contributed by atoms with E-state index in [9.17, 15) is 0 Å². The van der Waals surface area contributed by atoms with Gasteiger partial charge in [-0.3, -0.25) is 4.90 Å². The number of thiazole rings is 1. The standard InChI is InChI=1S/C20H23N5O2S/c1-26-17-5-3-15(4-6-17)19-22-16(14-28-19)13-24-9-11-25(12-10-24)20-21-8-7-18(23-20)27-2/h3-8,14H,9-13H2,1-2H3. The first-order valence-corrected chi connectivity index (χ1v) is 10.1. The summed E-state index contributed by atoms with van der Waals surface area (Å²) in [6.45, 7) is 4.55. The molecule has 0 N–H and O–H groups in total. The smallest absolute Gasteiger partial charge is 0.228 e. The fraction of sp³-hybridized carbons (Fsp3) is 0.350. The van der Waals surface area contributed by atoms with E-state index in [1.807, 2.05) is 24.3 Å². The van der Waals surface area contributed by atoms with Crippen LogP contribution in [0.4, 0.5) is 5.95 Å². The van der Waals surface area contributed by atoms with Crippen molar-refractivity contribution in [3.8, 4) is 22.2 Å². The zero-order valence-corrected chi connectivity index (χ0v) is 16.9. The van der Waals surface area contributed by atoms with Crippen LogP contribution in [0.1, 0.15) is 5.69 Å². The van der Waals surface area contributed by atoms with Gasteiger partial charge in [0.05, 0.1) is 19.9 Å². The summed E-state index contributed by atoms with van der Waals surface area (Å²) < 4.78 is 10.4. The summed E-state index contributed by atoms with van der Waals surface area (Å²) in [5.41, 5.74) is 2.24. The number of hydrogen-bond acceptors (Lipinski definition) is 8. The van der Waals surface area contributed by atoms with Crippen LogP contribution in [0.15, 0.2) is 41.9 Å². The molecule has 7 nitrogen and oxygen atoms in total. The van der Waals surface area contributed by atoms with Gasteiger partial charge in [0.15, 0.2) is 0 Å². The van der Waals surface area contributed by atoms with Gasteiger partial charge in [0.25, 0.3) is 0 Å². The quantitative estimate of drug-likeness (QED) is 0.634. The van der Waals surface area contributed by atoms with Crippen LogP contribution >= 0.6 is 11.3 Å². The van der Waals surface area contributed by atoms with E-state index in [0.717, 1.165) is 60.7 Å². The van der Waals surface area contributed by atoms with E-state index in [1.54, 1.807) is 37.8 Å². The lowest BCUT2D eigenvalue weighted by Crippen LogP contribution is -2.46. The maximum atomic E-state index is 5.22. The number of hydrogen-bond donors (Lipinski definition) is 0. The van der Waals surface area contributed by atoms with Crippen LogP contribution in [0, 0.1) is 0 Å². The molecule has 1 aliphatic rings. The molecule has 0 amide bonds. The number of rotatable bonds is 6. The first kappa shape index (κ1) is 18.6. The highest BCUT2D eigenvalue weighted by atomic mass is 32.1. The van der Waals surface area contributed by atoms with Gasteiger partial charge in [-0.2, -0.15) is 4.98 Å². The molecule has 0 radical (unpaired) electrons. The van der Waals surface area contributed by atoms with Gasteiger partial charge in [-0.25, -0.2) is 9.97 Å². The van der Waals surface area contributed by atoms with Gasteiger partial charge < -0.3 is 14.4 Å². The Bertz CT molecular complexity index is 907. The van der Waals surface area contributed by atoms with Crippen LogP contribution in [-0.2, 0) is 6.54 Å². The molecule has 0 aliphatic carbocycles. The maximum Gasteiger partial charge on any atom is 0.228 e. The Kier molecular flexibility index (Phi) is 5.68. The van der Waals surface area contributed by atoms with Crippen molar-refractivity contribution < 1.29 is 9.47 Å². The lowest BCUT2D eigenvalue weighted by Gasteiger charge is -2.34. The van der Waals surface area contributed by atoms with E-state index >= 15 is 0 Å². The number of methoxy groups -OCH3 is 2. The molecule has 3 heterocycles. The van der Waals surface area contributed by atoms with Crippen molar-refractivity contribution in [3.63, 3.8) is 0 Å². The Morgan fingerprint density at radius 2 is 1.75 bits per heavy atom. The van der Waals surface area contributed by atoms with Gasteiger partial charge in [0.1, 0.15) is 10.8 Å². The van der Waals surface area contributed by atoms with Gasteiger partial charge in [-0.05, 0) is 24.3 Å². The summed E-state index contributed by atoms with van der Waals surface area (Å²) in [4.78, 5) is 18.2. The second kappa shape index (κ2) is 8.53. The molecule has 1 aromatic carbocycles. The molecule has 28 heavy (non-hydrogen) atoms. The molecule has 0 unspecified atom stereocenters. The highest BCUT2D eigenvalue weighted by Crippen LogP contribution is 2.26. The molecule has 0 bridgehead atoms. The highest BCUT2D eigenvalue weighted by Gasteiger charge is 2.20. The van der Waals surface area contributed by atoms with Gasteiger partial charge in [-0.15, -0.1) is 11.3 Å². The average Bonchev–Trinajstić information content (AvgIpc) is 3.23. The second-order valence-electron chi connectivity index (χ2n) is 6.53. The third-order valence-corrected chi connectivity index (χ3v) is 5.70. The van der Waals surface area contributed by atoms with Crippen LogP contribution in [-0.4, -0.2) is 60.3 Å². The van der Waals surface area contributed by atoms with Crippen molar-refractivity contribution in [1.29, 1.82) is 0 Å². The Morgan fingerprint density at radius 3 is 2.46 bits per heavy atom. The first-order chi connectivity index (χ1) is 13.7. The number of benzene rings is 1. The molecule has 1 fully saturated rings. The molecule has 8 heteroatoms. The van der Waals surface area contributed by atoms with Gasteiger partial charge in [0, 0.05) is 55.9 Å². The predicted octanol–water partition coefficient (Wildman–Crippen LogP) is 2.94. The minimum atomic E-state index is 0.598. The van der Waals surface area contributed by atoms with E-state index in [4.69, 9.17) is 14.5 Å². The Morgan fingerprint density at radius 1 is 0.964 bits per heavy atom. The largest absolute Gasteiger partial charge is 0.497 e. The van der Waals surface area contributed by atoms with Crippen molar-refractivity contribution in [3.05, 3.63) is 47.6 Å². The summed E-state index contributed by atoms with van der Waals surface area (Å²) >= 11 is 1.68. The van der Waals surface area contributed by atoms with Crippen molar-refractivity contribution in [2.45, 2.75) is 6.54 Å². The SMILES string of the molecule is COc1ccc(-c2nc(CN3CCN(c4nccc(OC)n4)CC3)cs2)cc1. The fourth-order valence-electron chi connectivity index (χ4n) is 3.18. The molecular weight excluding hydrogens is 374 g/mol. The van der Waals surface area contributed by atoms with E-state index in [2.05, 4.69) is 25.1 Å². The lowest BCUT2D eigenvalue weighted by atomic mass is 10.2. The third kappa shape index (κ3) is 4.23. The molecule has 1 aliphatic heterocycles. The van der Waals surface area contributed by atoms with E-state index in [1.165, 1.54) is 0 Å². The summed E-state index contributed by atoms with van der Waals surface area (Å²) in [6.07, 6.45) is 1.74. The summed E-state index contributed by atoms with van der Waals surface area (Å²) in [7, 11) is 3.30. The van der Waals surface area contributed by atoms with Crippen molar-refractivity contribution in [2.75, 3.05) is 45.3 Å². The van der Waals surface area contributed by atoms with Crippen LogP contribution in [0.5, 0.6) is 11.6 Å². The normalized spacial score (nSPS) is 14.9. The third-order valence-electron chi connectivity index (χ3n) is 4.76. The molecule has 1 saturated heterocycles. The maximum absolute atomic E-state index is 5.22. The van der Waals surface area contributed by atoms with E-state index in [0.29, 0.717) is 5.88 Å². The average molecular weight is 398 g/mol. The van der Waals surface area contributed by atoms with Crippen LogP contribution in [0.2, 0.25) is 0 Å². The fourth-order valence-corrected chi connectivity index (χ4v) is 4.00. The lowest BCUT2D eigenvalue weighted by molar-refractivity contribution is 0.246. The molecule has 0 spiro atoms. The van der Waals surface area contributed by atoms with Crippen molar-refractivity contribution >= 4 is 17.3 Å². The number of nitrogens with zero attached hydrogens (tertiary/aromatic N) is 5. The van der Waals surface area contributed by atoms with Crippen LogP contribution < -0.4 is 14.4 Å². The Balaban J connectivity index is 1.34. The van der Waals surface area contributed by atoms with Crippen molar-refractivity contribution in [2.24, 2.45) is 0 Å². The molecular formula is C20H23N5O2S. The van der Waals surface area contributed by atoms with Gasteiger partial charge >= 0.3 is 0 Å². The van der Waals surface area contributed by atoms with Crippen LogP contribution in [0.25, 0.3) is 10.6 Å². The number of piperazine rings is 1. The number of anilines is 1. The topological polar surface area (TPSA) is 63.6 Å². The van der Waals surface area contributed by atoms with E-state index in [-0.39, 0.29) is 0 Å². The zero-order chi connectivity index (χ0) is 19.3. The summed E-state index contributed by atoms with van der Waals surface area (Å²) in [6, 6.07) is 9.80. The minimum absolute atomic E-state index is 0.598. The molecule has 146 valence electrons. The molecule has 0 atom stereocenters. The molecule has 0 saturated carbocycles. The molecule has 2 aromatic heterocycles. The zero-order valence-electron chi connectivity index (χ0n) is 16.0. The Hall–Kier alpha value is -2.71. The van der Waals surface area contributed by atoms with Gasteiger partial charge in [-0.1, -0.05) is 0 Å². The number of aromatic nitrogens is 3. The summed E-state index contributed by atoms with van der Waals surface area (Å²) in [5.74, 6) is 2.19. The highest BCUT2D eigenvalue weighted by molar-refractivity contribution is 7.13. The van der Waals surface area contributed by atoms with Gasteiger partial charge in [0.2, 0.25) is 11.8 Å². The van der Waals surface area contributed by atoms with Crippen molar-refractivity contribution in [1.82, 2.24) is 19.9 Å². The second-order valence-corrected chi connectivity index (χ2v) is 7.39. The minimum Gasteiger partial charge on any atom is -0.497 e. The first-order valence-electron chi connectivity index (χ1n) is 9.18. The number of ether oxygens (including phenoxy) is 2. The molecule has 4 rings (SSSR count). The predicted molar refractivity (Wildman–Crippen MR) is 110 cm³/mol.